The summed E-state index contributed by atoms with van der Waals surface area (Å²) in [6.07, 6.45) is 0.484. The molecule has 1 saturated heterocycles. The molecular formula is C27H31BN2O4. The van der Waals surface area contributed by atoms with Crippen molar-refractivity contribution in [3.05, 3.63) is 77.9 Å². The van der Waals surface area contributed by atoms with E-state index in [0.29, 0.717) is 6.42 Å². The normalized spacial score (nSPS) is 17.5. The number of rotatable bonds is 7. The number of amides is 2. The Morgan fingerprint density at radius 1 is 0.882 bits per heavy atom. The summed E-state index contributed by atoms with van der Waals surface area (Å²) in [6.45, 7) is 8.05. The highest BCUT2D eigenvalue weighted by Crippen LogP contribution is 2.36. The number of nitrogens with two attached hydrogens (primary N) is 1. The van der Waals surface area contributed by atoms with Crippen LogP contribution in [0.4, 0.5) is 0 Å². The van der Waals surface area contributed by atoms with E-state index < -0.39 is 30.3 Å². The summed E-state index contributed by atoms with van der Waals surface area (Å²) < 4.78 is 12.2. The summed E-state index contributed by atoms with van der Waals surface area (Å²) in [5.41, 5.74) is 7.43. The summed E-state index contributed by atoms with van der Waals surface area (Å²) in [5, 5.41) is 4.98. The van der Waals surface area contributed by atoms with Crippen LogP contribution in [0.15, 0.2) is 66.7 Å². The minimum absolute atomic E-state index is 0.176. The Kier molecular flexibility index (Phi) is 6.52. The van der Waals surface area contributed by atoms with Crippen LogP contribution >= 0.6 is 0 Å². The van der Waals surface area contributed by atoms with E-state index in [-0.39, 0.29) is 12.3 Å². The standard InChI is InChI=1S/C27H31BN2O4/c1-26(2)27(3,4)34-28(33-26)22-13-10-18(11-14-22)16-23(25(29)32)30-24(31)17-19-9-12-20-7-5-6-8-21(20)15-19/h5-15,23H,16-17H2,1-4H3,(H2,29,32)(H,30,31)/t23-/m1/s1. The lowest BCUT2D eigenvalue weighted by molar-refractivity contribution is -0.127. The molecule has 0 aliphatic carbocycles. The topological polar surface area (TPSA) is 90.6 Å². The van der Waals surface area contributed by atoms with Gasteiger partial charge in [-0.15, -0.1) is 0 Å². The molecule has 0 unspecified atom stereocenters. The van der Waals surface area contributed by atoms with Crippen LogP contribution in [-0.4, -0.2) is 36.2 Å². The van der Waals surface area contributed by atoms with Crippen LogP contribution in [-0.2, 0) is 31.7 Å². The van der Waals surface area contributed by atoms with Gasteiger partial charge in [0, 0.05) is 6.42 Å². The third-order valence-corrected chi connectivity index (χ3v) is 6.80. The molecule has 0 aromatic heterocycles. The molecule has 34 heavy (non-hydrogen) atoms. The number of hydrogen-bond donors (Lipinski definition) is 2. The molecule has 1 aliphatic heterocycles. The van der Waals surface area contributed by atoms with E-state index in [0.717, 1.165) is 27.4 Å². The van der Waals surface area contributed by atoms with Crippen molar-refractivity contribution in [1.82, 2.24) is 5.32 Å². The van der Waals surface area contributed by atoms with Crippen LogP contribution in [0.1, 0.15) is 38.8 Å². The second kappa shape index (κ2) is 9.24. The average molecular weight is 458 g/mol. The average Bonchev–Trinajstić information content (AvgIpc) is 3.00. The SMILES string of the molecule is CC1(C)OB(c2ccc(C[C@@H](NC(=O)Cc3ccc4ccccc4c3)C(N)=O)cc2)OC1(C)C. The van der Waals surface area contributed by atoms with E-state index >= 15 is 0 Å². The van der Waals surface area contributed by atoms with Gasteiger partial charge in [0.15, 0.2) is 0 Å². The lowest BCUT2D eigenvalue weighted by Gasteiger charge is -2.32. The molecule has 7 heteroatoms. The Bertz CT molecular complexity index is 1190. The molecule has 1 atom stereocenters. The summed E-state index contributed by atoms with van der Waals surface area (Å²) >= 11 is 0. The molecule has 3 aromatic carbocycles. The summed E-state index contributed by atoms with van der Waals surface area (Å²) in [6, 6.07) is 20.8. The van der Waals surface area contributed by atoms with Gasteiger partial charge in [-0.1, -0.05) is 66.7 Å². The van der Waals surface area contributed by atoms with Gasteiger partial charge in [0.25, 0.3) is 0 Å². The molecule has 0 saturated carbocycles. The van der Waals surface area contributed by atoms with Crippen molar-refractivity contribution < 1.29 is 18.9 Å². The van der Waals surface area contributed by atoms with Gasteiger partial charge in [0.2, 0.25) is 11.8 Å². The zero-order valence-corrected chi connectivity index (χ0v) is 20.1. The fourth-order valence-electron chi connectivity index (χ4n) is 4.03. The van der Waals surface area contributed by atoms with E-state index in [1.54, 1.807) is 0 Å². The van der Waals surface area contributed by atoms with E-state index in [4.69, 9.17) is 15.0 Å². The maximum absolute atomic E-state index is 12.7. The fourth-order valence-corrected chi connectivity index (χ4v) is 4.03. The summed E-state index contributed by atoms with van der Waals surface area (Å²) in [5.74, 6) is -0.810. The molecule has 176 valence electrons. The largest absolute Gasteiger partial charge is 0.494 e. The third-order valence-electron chi connectivity index (χ3n) is 6.80. The number of carbonyl (C=O) groups excluding carboxylic acids is 2. The zero-order chi connectivity index (χ0) is 24.5. The molecular weight excluding hydrogens is 427 g/mol. The highest BCUT2D eigenvalue weighted by molar-refractivity contribution is 6.62. The van der Waals surface area contributed by atoms with E-state index in [9.17, 15) is 9.59 Å². The number of benzene rings is 3. The van der Waals surface area contributed by atoms with Gasteiger partial charge in [-0.25, -0.2) is 0 Å². The van der Waals surface area contributed by atoms with Crippen LogP contribution in [0.25, 0.3) is 10.8 Å². The Balaban J connectivity index is 1.39. The van der Waals surface area contributed by atoms with E-state index in [1.165, 1.54) is 0 Å². The second-order valence-electron chi connectivity index (χ2n) is 9.91. The maximum Gasteiger partial charge on any atom is 0.494 e. The summed E-state index contributed by atoms with van der Waals surface area (Å²) in [4.78, 5) is 24.7. The van der Waals surface area contributed by atoms with Gasteiger partial charge >= 0.3 is 7.12 Å². The van der Waals surface area contributed by atoms with Gasteiger partial charge in [-0.05, 0) is 55.1 Å². The van der Waals surface area contributed by atoms with Gasteiger partial charge in [-0.2, -0.15) is 0 Å². The minimum atomic E-state index is -0.796. The number of carbonyl (C=O) groups is 2. The van der Waals surface area contributed by atoms with Crippen molar-refractivity contribution in [2.24, 2.45) is 5.73 Å². The summed E-state index contributed by atoms with van der Waals surface area (Å²) in [7, 11) is -0.451. The Morgan fingerprint density at radius 2 is 1.47 bits per heavy atom. The molecule has 1 heterocycles. The zero-order valence-electron chi connectivity index (χ0n) is 20.1. The first-order valence-corrected chi connectivity index (χ1v) is 11.5. The minimum Gasteiger partial charge on any atom is -0.399 e. The van der Waals surface area contributed by atoms with Crippen molar-refractivity contribution in [1.29, 1.82) is 0 Å². The van der Waals surface area contributed by atoms with Crippen LogP contribution in [0.5, 0.6) is 0 Å². The molecule has 0 bridgehead atoms. The number of primary amides is 1. The monoisotopic (exact) mass is 458 g/mol. The van der Waals surface area contributed by atoms with Crippen molar-refractivity contribution in [2.45, 2.75) is 57.8 Å². The van der Waals surface area contributed by atoms with Gasteiger partial charge in [-0.3, -0.25) is 9.59 Å². The highest BCUT2D eigenvalue weighted by Gasteiger charge is 2.51. The van der Waals surface area contributed by atoms with Crippen molar-refractivity contribution >= 4 is 35.2 Å². The first-order chi connectivity index (χ1) is 16.0. The lowest BCUT2D eigenvalue weighted by atomic mass is 9.78. The second-order valence-corrected chi connectivity index (χ2v) is 9.91. The van der Waals surface area contributed by atoms with Crippen LogP contribution in [0, 0.1) is 0 Å². The first kappa shape index (κ1) is 24.0. The Labute approximate surface area is 201 Å². The molecule has 3 N–H and O–H groups in total. The van der Waals surface area contributed by atoms with Crippen molar-refractivity contribution in [3.8, 4) is 0 Å². The molecule has 4 rings (SSSR count). The lowest BCUT2D eigenvalue weighted by Crippen LogP contribution is -2.46. The first-order valence-electron chi connectivity index (χ1n) is 11.5. The number of hydrogen-bond acceptors (Lipinski definition) is 4. The predicted octanol–water partition coefficient (Wildman–Crippen LogP) is 2.89. The van der Waals surface area contributed by atoms with E-state index in [1.807, 2.05) is 94.4 Å². The highest BCUT2D eigenvalue weighted by atomic mass is 16.7. The molecule has 1 aliphatic rings. The number of nitrogens with one attached hydrogen (secondary N) is 1. The van der Waals surface area contributed by atoms with Crippen molar-refractivity contribution in [2.75, 3.05) is 0 Å². The quantitative estimate of drug-likeness (QED) is 0.533. The molecule has 2 amide bonds. The third kappa shape index (κ3) is 5.16. The van der Waals surface area contributed by atoms with Crippen LogP contribution in [0.2, 0.25) is 0 Å². The number of fused-ring (bicyclic) bond motifs is 1. The van der Waals surface area contributed by atoms with E-state index in [2.05, 4.69) is 5.32 Å². The van der Waals surface area contributed by atoms with Gasteiger partial charge < -0.3 is 20.4 Å². The van der Waals surface area contributed by atoms with Crippen LogP contribution in [0.3, 0.4) is 0 Å². The maximum atomic E-state index is 12.7. The molecule has 0 spiro atoms. The Hall–Kier alpha value is -3.16. The fraction of sp³-hybridized carbons (Fsp3) is 0.333. The molecule has 0 radical (unpaired) electrons. The predicted molar refractivity (Wildman–Crippen MR) is 135 cm³/mol. The Morgan fingerprint density at radius 3 is 2.09 bits per heavy atom. The van der Waals surface area contributed by atoms with Gasteiger partial charge in [0.05, 0.1) is 17.6 Å². The van der Waals surface area contributed by atoms with Crippen LogP contribution < -0.4 is 16.5 Å². The van der Waals surface area contributed by atoms with Gasteiger partial charge in [0.1, 0.15) is 6.04 Å². The molecule has 1 fully saturated rings. The van der Waals surface area contributed by atoms with Crippen molar-refractivity contribution in [3.63, 3.8) is 0 Å². The molecule has 6 nitrogen and oxygen atoms in total. The smallest absolute Gasteiger partial charge is 0.399 e. The molecule has 3 aromatic rings.